The molecule has 2 amide bonds. The molecule has 1 aromatic rings. The van der Waals surface area contributed by atoms with E-state index >= 15 is 0 Å². The number of hydrogen-bond acceptors (Lipinski definition) is 5. The minimum absolute atomic E-state index is 0.00385. The van der Waals surface area contributed by atoms with Crippen LogP contribution in [-0.2, 0) is 14.6 Å². The summed E-state index contributed by atoms with van der Waals surface area (Å²) >= 11 is 6.01. The second-order valence-electron chi connectivity index (χ2n) is 6.70. The molecule has 0 saturated carbocycles. The first kappa shape index (κ1) is 19.1. The van der Waals surface area contributed by atoms with E-state index in [-0.39, 0.29) is 29.9 Å². The van der Waals surface area contributed by atoms with Crippen molar-refractivity contribution >= 4 is 33.3 Å². The van der Waals surface area contributed by atoms with Crippen LogP contribution in [0.5, 0.6) is 0 Å². The Kier molecular flexibility index (Phi) is 5.84. The lowest BCUT2D eigenvalue weighted by Crippen LogP contribution is -2.52. The maximum Gasteiger partial charge on any atom is 0.253 e. The fraction of sp³-hybridized carbons (Fsp3) is 0.529. The standard InChI is InChI=1S/C17H22ClN3O4S/c18-14-11-26(24,25)12-15(14)19-16(22)10-20-6-8-21(9-7-20)17(23)13-4-2-1-3-5-13/h1-5,14-15H,6-12H2,(H,19,22)/t14-,15-/m0/s1. The van der Waals surface area contributed by atoms with Crippen LogP contribution in [0.1, 0.15) is 10.4 Å². The van der Waals surface area contributed by atoms with Crippen molar-refractivity contribution in [3.8, 4) is 0 Å². The van der Waals surface area contributed by atoms with Gasteiger partial charge in [0.1, 0.15) is 0 Å². The molecule has 1 N–H and O–H groups in total. The number of alkyl halides is 1. The summed E-state index contributed by atoms with van der Waals surface area (Å²) in [7, 11) is -3.17. The topological polar surface area (TPSA) is 86.8 Å². The quantitative estimate of drug-likeness (QED) is 0.718. The third-order valence-electron chi connectivity index (χ3n) is 4.68. The number of amides is 2. The second-order valence-corrected chi connectivity index (χ2v) is 9.42. The van der Waals surface area contributed by atoms with Gasteiger partial charge in [-0.1, -0.05) is 18.2 Å². The van der Waals surface area contributed by atoms with Crippen molar-refractivity contribution in [2.24, 2.45) is 0 Å². The Morgan fingerprint density at radius 2 is 1.73 bits per heavy atom. The molecular weight excluding hydrogens is 378 g/mol. The largest absolute Gasteiger partial charge is 0.350 e. The maximum atomic E-state index is 12.4. The third-order valence-corrected chi connectivity index (χ3v) is 7.05. The summed E-state index contributed by atoms with van der Waals surface area (Å²) in [5.41, 5.74) is 0.661. The molecule has 2 saturated heterocycles. The maximum absolute atomic E-state index is 12.4. The highest BCUT2D eigenvalue weighted by Crippen LogP contribution is 2.18. The summed E-state index contributed by atoms with van der Waals surface area (Å²) in [4.78, 5) is 28.3. The van der Waals surface area contributed by atoms with Gasteiger partial charge in [0.25, 0.3) is 5.91 Å². The molecule has 26 heavy (non-hydrogen) atoms. The van der Waals surface area contributed by atoms with E-state index in [2.05, 4.69) is 5.32 Å². The van der Waals surface area contributed by atoms with Gasteiger partial charge in [0.2, 0.25) is 5.91 Å². The Morgan fingerprint density at radius 1 is 1.08 bits per heavy atom. The summed E-state index contributed by atoms with van der Waals surface area (Å²) < 4.78 is 23.1. The van der Waals surface area contributed by atoms with Crippen molar-refractivity contribution in [2.45, 2.75) is 11.4 Å². The lowest BCUT2D eigenvalue weighted by atomic mass is 10.2. The van der Waals surface area contributed by atoms with Crippen LogP contribution >= 0.6 is 11.6 Å². The van der Waals surface area contributed by atoms with E-state index in [0.717, 1.165) is 0 Å². The van der Waals surface area contributed by atoms with E-state index in [0.29, 0.717) is 31.7 Å². The zero-order valence-corrected chi connectivity index (χ0v) is 15.9. The minimum atomic E-state index is -3.17. The molecule has 2 fully saturated rings. The average Bonchev–Trinajstić information content (AvgIpc) is 2.87. The summed E-state index contributed by atoms with van der Waals surface area (Å²) in [5, 5.41) is 2.14. The highest BCUT2D eigenvalue weighted by atomic mass is 35.5. The molecule has 0 aromatic heterocycles. The lowest BCUT2D eigenvalue weighted by molar-refractivity contribution is -0.123. The van der Waals surface area contributed by atoms with E-state index in [1.165, 1.54) is 0 Å². The molecule has 3 rings (SSSR count). The van der Waals surface area contributed by atoms with Crippen LogP contribution in [0.3, 0.4) is 0 Å². The van der Waals surface area contributed by atoms with Gasteiger partial charge in [-0.25, -0.2) is 8.42 Å². The molecule has 0 bridgehead atoms. The van der Waals surface area contributed by atoms with Crippen molar-refractivity contribution in [2.75, 3.05) is 44.2 Å². The normalized spacial score (nSPS) is 25.8. The first-order valence-electron chi connectivity index (χ1n) is 8.54. The van der Waals surface area contributed by atoms with Gasteiger partial charge in [-0.2, -0.15) is 0 Å². The van der Waals surface area contributed by atoms with Crippen molar-refractivity contribution in [3.05, 3.63) is 35.9 Å². The minimum Gasteiger partial charge on any atom is -0.350 e. The Hall–Kier alpha value is -1.64. The SMILES string of the molecule is O=C(CN1CCN(C(=O)c2ccccc2)CC1)N[C@H]1CS(=O)(=O)C[C@@H]1Cl. The van der Waals surface area contributed by atoms with Crippen LogP contribution in [0.4, 0.5) is 0 Å². The third kappa shape index (κ3) is 4.75. The fourth-order valence-corrected chi connectivity index (χ4v) is 5.81. The van der Waals surface area contributed by atoms with Crippen LogP contribution in [0.25, 0.3) is 0 Å². The zero-order valence-electron chi connectivity index (χ0n) is 14.3. The predicted molar refractivity (Wildman–Crippen MR) is 99.0 cm³/mol. The predicted octanol–water partition coefficient (Wildman–Crippen LogP) is -0.0350. The van der Waals surface area contributed by atoms with E-state index in [9.17, 15) is 18.0 Å². The summed E-state index contributed by atoms with van der Waals surface area (Å²) in [6.45, 7) is 2.47. The first-order chi connectivity index (χ1) is 12.3. The molecule has 2 aliphatic heterocycles. The number of nitrogens with one attached hydrogen (secondary N) is 1. The first-order valence-corrected chi connectivity index (χ1v) is 10.8. The molecular formula is C17H22ClN3O4S. The van der Waals surface area contributed by atoms with Gasteiger partial charge in [0.15, 0.2) is 9.84 Å². The van der Waals surface area contributed by atoms with Crippen LogP contribution < -0.4 is 5.32 Å². The number of benzene rings is 1. The number of carbonyl (C=O) groups excluding carboxylic acids is 2. The number of hydrogen-bond donors (Lipinski definition) is 1. The van der Waals surface area contributed by atoms with Crippen molar-refractivity contribution < 1.29 is 18.0 Å². The number of piperazine rings is 1. The van der Waals surface area contributed by atoms with Gasteiger partial charge in [0.05, 0.1) is 29.5 Å². The molecule has 7 nitrogen and oxygen atoms in total. The highest BCUT2D eigenvalue weighted by molar-refractivity contribution is 7.91. The summed E-state index contributed by atoms with van der Waals surface area (Å²) in [6.07, 6.45) is 0. The van der Waals surface area contributed by atoms with E-state index in [4.69, 9.17) is 11.6 Å². The lowest BCUT2D eigenvalue weighted by Gasteiger charge is -2.34. The Morgan fingerprint density at radius 3 is 2.31 bits per heavy atom. The monoisotopic (exact) mass is 399 g/mol. The summed E-state index contributed by atoms with van der Waals surface area (Å²) in [5.74, 6) is -0.442. The van der Waals surface area contributed by atoms with Gasteiger partial charge < -0.3 is 10.2 Å². The van der Waals surface area contributed by atoms with Gasteiger partial charge in [0, 0.05) is 31.7 Å². The van der Waals surface area contributed by atoms with Crippen LogP contribution in [0.2, 0.25) is 0 Å². The number of carbonyl (C=O) groups is 2. The zero-order chi connectivity index (χ0) is 18.7. The average molecular weight is 400 g/mol. The molecule has 0 aliphatic carbocycles. The van der Waals surface area contributed by atoms with Crippen molar-refractivity contribution in [3.63, 3.8) is 0 Å². The molecule has 1 aromatic carbocycles. The molecule has 0 spiro atoms. The Balaban J connectivity index is 1.45. The van der Waals surface area contributed by atoms with Crippen molar-refractivity contribution in [1.29, 1.82) is 0 Å². The second kappa shape index (κ2) is 7.94. The number of sulfone groups is 1. The number of rotatable bonds is 4. The number of nitrogens with zero attached hydrogens (tertiary/aromatic N) is 2. The smallest absolute Gasteiger partial charge is 0.253 e. The van der Waals surface area contributed by atoms with Crippen LogP contribution in [0, 0.1) is 0 Å². The van der Waals surface area contributed by atoms with Gasteiger partial charge in [-0.3, -0.25) is 14.5 Å². The summed E-state index contributed by atoms with van der Waals surface area (Å²) in [6, 6.07) is 8.59. The van der Waals surface area contributed by atoms with Crippen molar-refractivity contribution in [1.82, 2.24) is 15.1 Å². The number of halogens is 1. The van der Waals surface area contributed by atoms with E-state index in [1.807, 2.05) is 23.1 Å². The molecule has 0 unspecified atom stereocenters. The highest BCUT2D eigenvalue weighted by Gasteiger charge is 2.37. The molecule has 142 valence electrons. The van der Waals surface area contributed by atoms with E-state index < -0.39 is 21.3 Å². The molecule has 2 aliphatic rings. The van der Waals surface area contributed by atoms with Gasteiger partial charge >= 0.3 is 0 Å². The molecule has 0 radical (unpaired) electrons. The molecule has 2 heterocycles. The van der Waals surface area contributed by atoms with Gasteiger partial charge in [-0.15, -0.1) is 11.6 Å². The van der Waals surface area contributed by atoms with E-state index in [1.54, 1.807) is 17.0 Å². The van der Waals surface area contributed by atoms with Crippen LogP contribution in [0.15, 0.2) is 30.3 Å². The van der Waals surface area contributed by atoms with Gasteiger partial charge in [-0.05, 0) is 12.1 Å². The molecule has 2 atom stereocenters. The fourth-order valence-electron chi connectivity index (χ4n) is 3.26. The Labute approximate surface area is 158 Å². The Bertz CT molecular complexity index is 763. The van der Waals surface area contributed by atoms with Crippen LogP contribution in [-0.4, -0.2) is 85.7 Å². The molecule has 9 heteroatoms.